The van der Waals surface area contributed by atoms with Gasteiger partial charge in [-0.2, -0.15) is 0 Å². The number of aliphatic hydroxyl groups excluding tert-OH is 1. The largest absolute Gasteiger partial charge is 0.387 e. The maximum atomic E-state index is 13.7. The van der Waals surface area contributed by atoms with E-state index in [9.17, 15) is 13.9 Å². The molecule has 1 N–H and O–H groups in total. The van der Waals surface area contributed by atoms with Crippen LogP contribution in [0.3, 0.4) is 0 Å². The van der Waals surface area contributed by atoms with Crippen molar-refractivity contribution in [1.82, 2.24) is 9.80 Å². The van der Waals surface area contributed by atoms with Crippen molar-refractivity contribution in [2.45, 2.75) is 38.2 Å². The summed E-state index contributed by atoms with van der Waals surface area (Å²) in [5, 5.41) is 10.2. The van der Waals surface area contributed by atoms with Crippen molar-refractivity contribution in [3.63, 3.8) is 0 Å². The van der Waals surface area contributed by atoms with Crippen molar-refractivity contribution >= 4 is 0 Å². The minimum Gasteiger partial charge on any atom is -0.387 e. The fourth-order valence-electron chi connectivity index (χ4n) is 4.00. The molecular weight excluding hydrogens is 310 g/mol. The highest BCUT2D eigenvalue weighted by atomic mass is 19.1. The topological polar surface area (TPSA) is 26.7 Å². The molecule has 3 nitrogen and oxygen atoms in total. The highest BCUT2D eigenvalue weighted by Gasteiger charge is 2.24. The van der Waals surface area contributed by atoms with Gasteiger partial charge in [0.05, 0.1) is 6.10 Å². The van der Waals surface area contributed by atoms with Crippen molar-refractivity contribution in [1.29, 1.82) is 0 Å². The molecule has 0 spiro atoms. The molecule has 3 rings (SSSR count). The number of piperazine rings is 1. The van der Waals surface area contributed by atoms with Gasteiger partial charge in [0.1, 0.15) is 11.6 Å². The van der Waals surface area contributed by atoms with Gasteiger partial charge in [0.25, 0.3) is 0 Å². The van der Waals surface area contributed by atoms with E-state index in [0.29, 0.717) is 6.54 Å². The van der Waals surface area contributed by atoms with E-state index in [1.165, 1.54) is 38.6 Å². The Labute approximate surface area is 143 Å². The summed E-state index contributed by atoms with van der Waals surface area (Å²) >= 11 is 0. The number of halogens is 2. The fraction of sp³-hybridized carbons (Fsp3) is 0.684. The third kappa shape index (κ3) is 4.74. The van der Waals surface area contributed by atoms with Gasteiger partial charge < -0.3 is 10.0 Å². The van der Waals surface area contributed by atoms with Gasteiger partial charge in [-0.1, -0.05) is 19.3 Å². The summed E-state index contributed by atoms with van der Waals surface area (Å²) in [4.78, 5) is 4.66. The molecule has 1 saturated carbocycles. The lowest BCUT2D eigenvalue weighted by molar-refractivity contribution is 0.0627. The number of β-amino-alcohol motifs (C(OH)–C–C–N with tert-alkyl or cyclic N) is 1. The number of aliphatic hydroxyl groups is 1. The average Bonchev–Trinajstić information content (AvgIpc) is 2.59. The van der Waals surface area contributed by atoms with Crippen LogP contribution in [-0.2, 0) is 0 Å². The molecule has 2 aliphatic rings. The molecule has 0 radical (unpaired) electrons. The molecule has 134 valence electrons. The molecule has 0 aromatic heterocycles. The predicted octanol–water partition coefficient (Wildman–Crippen LogP) is 3.20. The third-order valence-corrected chi connectivity index (χ3v) is 5.45. The lowest BCUT2D eigenvalue weighted by atomic mass is 9.89. The second kappa shape index (κ2) is 8.37. The van der Waals surface area contributed by atoms with Crippen molar-refractivity contribution < 1.29 is 13.9 Å². The SMILES string of the molecule is OC(CN1CCN(CC2CCCCC2)CC1)c1cc(F)ccc1F. The Morgan fingerprint density at radius 2 is 1.67 bits per heavy atom. The first kappa shape index (κ1) is 17.8. The maximum absolute atomic E-state index is 13.7. The van der Waals surface area contributed by atoms with Gasteiger partial charge in [0, 0.05) is 44.8 Å². The van der Waals surface area contributed by atoms with Crippen LogP contribution in [-0.4, -0.2) is 54.2 Å². The summed E-state index contributed by atoms with van der Waals surface area (Å²) in [6.45, 7) is 5.29. The van der Waals surface area contributed by atoms with E-state index in [1.807, 2.05) is 0 Å². The first-order chi connectivity index (χ1) is 11.6. The minimum atomic E-state index is -0.981. The van der Waals surface area contributed by atoms with Gasteiger partial charge in [-0.15, -0.1) is 0 Å². The van der Waals surface area contributed by atoms with Crippen molar-refractivity contribution in [3.05, 3.63) is 35.4 Å². The standard InChI is InChI=1S/C19H28F2N2O/c20-16-6-7-18(21)17(12-16)19(24)14-23-10-8-22(9-11-23)13-15-4-2-1-3-5-15/h6-7,12,15,19,24H,1-5,8-11,13-14H2. The van der Waals surface area contributed by atoms with Crippen LogP contribution in [0.15, 0.2) is 18.2 Å². The molecular formula is C19H28F2N2O. The number of rotatable bonds is 5. The molecule has 1 aliphatic heterocycles. The summed E-state index contributed by atoms with van der Waals surface area (Å²) < 4.78 is 27.0. The van der Waals surface area contributed by atoms with Crippen molar-refractivity contribution in [2.75, 3.05) is 39.3 Å². The summed E-state index contributed by atoms with van der Waals surface area (Å²) in [6, 6.07) is 3.25. The molecule has 1 unspecified atom stereocenters. The second-order valence-corrected chi connectivity index (χ2v) is 7.29. The Morgan fingerprint density at radius 3 is 2.38 bits per heavy atom. The number of nitrogens with zero attached hydrogens (tertiary/aromatic N) is 2. The van der Waals surface area contributed by atoms with E-state index in [-0.39, 0.29) is 5.56 Å². The van der Waals surface area contributed by atoms with Crippen LogP contribution in [0.4, 0.5) is 8.78 Å². The number of hydrogen-bond acceptors (Lipinski definition) is 3. The number of benzene rings is 1. The van der Waals surface area contributed by atoms with E-state index in [0.717, 1.165) is 50.3 Å². The van der Waals surface area contributed by atoms with Gasteiger partial charge in [-0.25, -0.2) is 8.78 Å². The lowest BCUT2D eigenvalue weighted by Gasteiger charge is -2.38. The van der Waals surface area contributed by atoms with Crippen LogP contribution in [0.1, 0.15) is 43.8 Å². The van der Waals surface area contributed by atoms with E-state index in [4.69, 9.17) is 0 Å². The minimum absolute atomic E-state index is 0.0552. The maximum Gasteiger partial charge on any atom is 0.129 e. The van der Waals surface area contributed by atoms with Gasteiger partial charge in [0.2, 0.25) is 0 Å². The molecule has 5 heteroatoms. The van der Waals surface area contributed by atoms with E-state index < -0.39 is 17.7 Å². The van der Waals surface area contributed by atoms with Crippen LogP contribution in [0.5, 0.6) is 0 Å². The van der Waals surface area contributed by atoms with Crippen LogP contribution in [0.25, 0.3) is 0 Å². The first-order valence-corrected chi connectivity index (χ1v) is 9.19. The van der Waals surface area contributed by atoms with Gasteiger partial charge in [-0.05, 0) is 37.0 Å². The van der Waals surface area contributed by atoms with E-state index >= 15 is 0 Å². The first-order valence-electron chi connectivity index (χ1n) is 9.19. The Kier molecular flexibility index (Phi) is 6.19. The molecule has 1 heterocycles. The Balaban J connectivity index is 1.45. The normalized spacial score (nSPS) is 22.6. The second-order valence-electron chi connectivity index (χ2n) is 7.29. The van der Waals surface area contributed by atoms with Crippen LogP contribution < -0.4 is 0 Å². The van der Waals surface area contributed by atoms with E-state index in [1.54, 1.807) is 0 Å². The quantitative estimate of drug-likeness (QED) is 0.893. The molecule has 2 fully saturated rings. The Morgan fingerprint density at radius 1 is 1.00 bits per heavy atom. The number of hydrogen-bond donors (Lipinski definition) is 1. The predicted molar refractivity (Wildman–Crippen MR) is 90.8 cm³/mol. The van der Waals surface area contributed by atoms with Gasteiger partial charge in [-0.3, -0.25) is 4.90 Å². The highest BCUT2D eigenvalue weighted by molar-refractivity contribution is 5.21. The van der Waals surface area contributed by atoms with E-state index in [2.05, 4.69) is 9.80 Å². The van der Waals surface area contributed by atoms with Crippen LogP contribution >= 0.6 is 0 Å². The smallest absolute Gasteiger partial charge is 0.129 e. The molecule has 1 atom stereocenters. The molecule has 0 amide bonds. The average molecular weight is 338 g/mol. The third-order valence-electron chi connectivity index (χ3n) is 5.45. The van der Waals surface area contributed by atoms with Gasteiger partial charge >= 0.3 is 0 Å². The molecule has 1 aromatic rings. The Hall–Kier alpha value is -1.04. The van der Waals surface area contributed by atoms with Crippen LogP contribution in [0.2, 0.25) is 0 Å². The summed E-state index contributed by atoms with van der Waals surface area (Å²) in [5.74, 6) is -0.208. The zero-order chi connectivity index (χ0) is 16.9. The van der Waals surface area contributed by atoms with Crippen molar-refractivity contribution in [2.24, 2.45) is 5.92 Å². The monoisotopic (exact) mass is 338 g/mol. The summed E-state index contributed by atoms with van der Waals surface area (Å²) in [5.41, 5.74) is 0.0552. The molecule has 1 aromatic carbocycles. The zero-order valence-corrected chi connectivity index (χ0v) is 14.3. The van der Waals surface area contributed by atoms with Crippen LogP contribution in [0, 0.1) is 17.6 Å². The molecule has 1 aliphatic carbocycles. The molecule has 1 saturated heterocycles. The zero-order valence-electron chi connectivity index (χ0n) is 14.3. The van der Waals surface area contributed by atoms with Gasteiger partial charge in [0.15, 0.2) is 0 Å². The highest BCUT2D eigenvalue weighted by Crippen LogP contribution is 2.25. The Bertz CT molecular complexity index is 526. The van der Waals surface area contributed by atoms with Crippen molar-refractivity contribution in [3.8, 4) is 0 Å². The molecule has 24 heavy (non-hydrogen) atoms. The summed E-state index contributed by atoms with van der Waals surface area (Å²) in [6.07, 6.45) is 5.87. The summed E-state index contributed by atoms with van der Waals surface area (Å²) in [7, 11) is 0. The molecule has 0 bridgehead atoms. The lowest BCUT2D eigenvalue weighted by Crippen LogP contribution is -2.48. The fourth-order valence-corrected chi connectivity index (χ4v) is 4.00.